The van der Waals surface area contributed by atoms with E-state index in [-0.39, 0.29) is 5.78 Å². The lowest BCUT2D eigenvalue weighted by molar-refractivity contribution is -0.137. The molecule has 26 heavy (non-hydrogen) atoms. The second-order valence-electron chi connectivity index (χ2n) is 7.01. The molecule has 2 aromatic rings. The Balaban J connectivity index is 1.87. The molecule has 0 saturated carbocycles. The Hall–Kier alpha value is -2.17. The molecule has 1 aromatic heterocycles. The molecule has 0 aliphatic heterocycles. The number of alkyl halides is 3. The summed E-state index contributed by atoms with van der Waals surface area (Å²) in [5, 5.41) is 0. The molecule has 0 spiro atoms. The van der Waals surface area contributed by atoms with E-state index in [9.17, 15) is 18.0 Å². The molecule has 0 fully saturated rings. The number of pyridine rings is 1. The van der Waals surface area contributed by atoms with Gasteiger partial charge >= 0.3 is 6.18 Å². The largest absolute Gasteiger partial charge is 0.416 e. The van der Waals surface area contributed by atoms with Crippen molar-refractivity contribution in [3.05, 3.63) is 53.3 Å². The fourth-order valence-corrected chi connectivity index (χ4v) is 3.80. The van der Waals surface area contributed by atoms with Crippen LogP contribution in [0.2, 0.25) is 0 Å². The van der Waals surface area contributed by atoms with Crippen molar-refractivity contribution in [2.75, 3.05) is 0 Å². The number of hydrogen-bond acceptors (Lipinski definition) is 2. The highest BCUT2D eigenvalue weighted by atomic mass is 19.4. The molecule has 138 valence electrons. The third-order valence-corrected chi connectivity index (χ3v) is 5.11. The molecule has 0 radical (unpaired) electrons. The first-order valence-corrected chi connectivity index (χ1v) is 9.00. The molecule has 5 heteroatoms. The van der Waals surface area contributed by atoms with Crippen molar-refractivity contribution >= 4 is 5.78 Å². The van der Waals surface area contributed by atoms with Gasteiger partial charge in [-0.15, -0.1) is 0 Å². The zero-order chi connectivity index (χ0) is 18.7. The average Bonchev–Trinajstić information content (AvgIpc) is 2.60. The van der Waals surface area contributed by atoms with E-state index in [2.05, 4.69) is 4.98 Å². The molecule has 1 heterocycles. The smallest absolute Gasteiger partial charge is 0.300 e. The van der Waals surface area contributed by atoms with Crippen molar-refractivity contribution in [2.24, 2.45) is 0 Å². The highest BCUT2D eigenvalue weighted by Crippen LogP contribution is 2.39. The van der Waals surface area contributed by atoms with Crippen LogP contribution in [0, 0.1) is 0 Å². The number of ketones is 1. The summed E-state index contributed by atoms with van der Waals surface area (Å²) in [7, 11) is 0. The van der Waals surface area contributed by atoms with E-state index in [1.807, 2.05) is 6.20 Å². The summed E-state index contributed by atoms with van der Waals surface area (Å²) in [5.41, 5.74) is 3.44. The third-order valence-electron chi connectivity index (χ3n) is 5.11. The van der Waals surface area contributed by atoms with Crippen LogP contribution in [0.15, 0.2) is 36.7 Å². The van der Waals surface area contributed by atoms with Crippen LogP contribution >= 0.6 is 0 Å². The van der Waals surface area contributed by atoms with Gasteiger partial charge in [-0.2, -0.15) is 13.2 Å². The molecule has 1 aromatic carbocycles. The Kier molecular flexibility index (Phi) is 5.44. The number of carbonyl (C=O) groups is 1. The second-order valence-corrected chi connectivity index (χ2v) is 7.01. The number of aromatic nitrogens is 1. The maximum absolute atomic E-state index is 12.8. The molecule has 0 N–H and O–H groups in total. The maximum Gasteiger partial charge on any atom is 0.416 e. The minimum atomic E-state index is -4.32. The number of rotatable bonds is 5. The highest BCUT2D eigenvalue weighted by molar-refractivity contribution is 5.75. The Morgan fingerprint density at radius 2 is 1.92 bits per heavy atom. The van der Waals surface area contributed by atoms with Crippen molar-refractivity contribution in [1.82, 2.24) is 4.98 Å². The van der Waals surface area contributed by atoms with Crippen molar-refractivity contribution in [2.45, 2.75) is 57.5 Å². The maximum atomic E-state index is 12.8. The van der Waals surface area contributed by atoms with Gasteiger partial charge in [0.25, 0.3) is 0 Å². The van der Waals surface area contributed by atoms with E-state index in [0.717, 1.165) is 55.4 Å². The topological polar surface area (TPSA) is 30.0 Å². The molecule has 3 rings (SSSR count). The van der Waals surface area contributed by atoms with Crippen LogP contribution in [0.25, 0.3) is 11.1 Å². The molecule has 0 bridgehead atoms. The predicted octanol–water partition coefficient (Wildman–Crippen LogP) is 5.95. The summed E-state index contributed by atoms with van der Waals surface area (Å²) in [6.07, 6.45) is 4.76. The second kappa shape index (κ2) is 7.60. The van der Waals surface area contributed by atoms with Gasteiger partial charge in [0.1, 0.15) is 5.78 Å². The first-order chi connectivity index (χ1) is 12.4. The fourth-order valence-electron chi connectivity index (χ4n) is 3.80. The first kappa shape index (κ1) is 18.6. The quantitative estimate of drug-likeness (QED) is 0.659. The van der Waals surface area contributed by atoms with Crippen LogP contribution in [-0.2, 0) is 17.4 Å². The highest BCUT2D eigenvalue weighted by Gasteiger charge is 2.30. The number of Topliss-reactive ketones (excluding diaryl/α,β-unsaturated/α-hetero) is 1. The van der Waals surface area contributed by atoms with E-state index < -0.39 is 11.7 Å². The minimum Gasteiger partial charge on any atom is -0.300 e. The van der Waals surface area contributed by atoms with Gasteiger partial charge in [-0.3, -0.25) is 4.98 Å². The van der Waals surface area contributed by atoms with Crippen molar-refractivity contribution in [1.29, 1.82) is 0 Å². The summed E-state index contributed by atoms with van der Waals surface area (Å²) < 4.78 is 38.4. The summed E-state index contributed by atoms with van der Waals surface area (Å²) in [6, 6.07) is 5.31. The summed E-state index contributed by atoms with van der Waals surface area (Å²) >= 11 is 0. The van der Waals surface area contributed by atoms with E-state index in [0.29, 0.717) is 12.3 Å². The number of benzene rings is 1. The Morgan fingerprint density at radius 1 is 1.19 bits per heavy atom. The van der Waals surface area contributed by atoms with Gasteiger partial charge in [0, 0.05) is 24.4 Å². The lowest BCUT2D eigenvalue weighted by Gasteiger charge is -2.27. The Morgan fingerprint density at radius 3 is 2.58 bits per heavy atom. The molecule has 0 saturated heterocycles. The SMILES string of the molecule is CC(=O)CCC[C@@H]1CCCc2c(-c3ccc(C(F)(F)F)cc3)cncc21. The van der Waals surface area contributed by atoms with Crippen molar-refractivity contribution in [3.8, 4) is 11.1 Å². The molecular formula is C21H22F3NO. The summed E-state index contributed by atoms with van der Waals surface area (Å²) in [4.78, 5) is 15.5. The van der Waals surface area contributed by atoms with Crippen LogP contribution in [0.4, 0.5) is 13.2 Å². The zero-order valence-corrected chi connectivity index (χ0v) is 14.8. The molecule has 1 atom stereocenters. The number of carbonyl (C=O) groups excluding carboxylic acids is 1. The number of halogens is 3. The van der Waals surface area contributed by atoms with Gasteiger partial charge in [-0.05, 0) is 73.8 Å². The van der Waals surface area contributed by atoms with Crippen LogP contribution in [0.3, 0.4) is 0 Å². The van der Waals surface area contributed by atoms with E-state index in [1.165, 1.54) is 23.3 Å². The van der Waals surface area contributed by atoms with Crippen molar-refractivity contribution < 1.29 is 18.0 Å². The normalized spacial score (nSPS) is 17.0. The molecular weight excluding hydrogens is 339 g/mol. The lowest BCUT2D eigenvalue weighted by atomic mass is 9.78. The van der Waals surface area contributed by atoms with Crippen LogP contribution in [0.1, 0.15) is 61.6 Å². The molecule has 1 aliphatic rings. The summed E-state index contributed by atoms with van der Waals surface area (Å²) in [5.74, 6) is 0.581. The van der Waals surface area contributed by atoms with E-state index >= 15 is 0 Å². The summed E-state index contributed by atoms with van der Waals surface area (Å²) in [6.45, 7) is 1.61. The Bertz CT molecular complexity index is 781. The standard InChI is InChI=1S/C21H22F3NO/c1-14(26)4-2-5-15-6-3-7-18-19(15)12-25-13-20(18)16-8-10-17(11-9-16)21(22,23)24/h8-13,15H,2-7H2,1H3/t15-/m1/s1. The predicted molar refractivity (Wildman–Crippen MR) is 94.9 cm³/mol. The number of nitrogens with zero attached hydrogens (tertiary/aromatic N) is 1. The van der Waals surface area contributed by atoms with Crippen LogP contribution in [-0.4, -0.2) is 10.8 Å². The van der Waals surface area contributed by atoms with Gasteiger partial charge in [0.05, 0.1) is 5.56 Å². The molecule has 0 unspecified atom stereocenters. The molecule has 2 nitrogen and oxygen atoms in total. The Labute approximate surface area is 151 Å². The third kappa shape index (κ3) is 4.14. The van der Waals surface area contributed by atoms with Crippen LogP contribution in [0.5, 0.6) is 0 Å². The minimum absolute atomic E-state index is 0.206. The zero-order valence-electron chi connectivity index (χ0n) is 14.8. The molecule has 1 aliphatic carbocycles. The number of hydrogen-bond donors (Lipinski definition) is 0. The van der Waals surface area contributed by atoms with Gasteiger partial charge in [-0.25, -0.2) is 0 Å². The lowest BCUT2D eigenvalue weighted by Crippen LogP contribution is -2.12. The van der Waals surface area contributed by atoms with E-state index in [4.69, 9.17) is 0 Å². The van der Waals surface area contributed by atoms with Gasteiger partial charge in [0.15, 0.2) is 0 Å². The monoisotopic (exact) mass is 361 g/mol. The average molecular weight is 361 g/mol. The molecule has 0 amide bonds. The van der Waals surface area contributed by atoms with Crippen molar-refractivity contribution in [3.63, 3.8) is 0 Å². The van der Waals surface area contributed by atoms with E-state index in [1.54, 1.807) is 13.1 Å². The van der Waals surface area contributed by atoms with Gasteiger partial charge < -0.3 is 4.79 Å². The van der Waals surface area contributed by atoms with Gasteiger partial charge in [-0.1, -0.05) is 12.1 Å². The van der Waals surface area contributed by atoms with Crippen LogP contribution < -0.4 is 0 Å². The first-order valence-electron chi connectivity index (χ1n) is 9.00. The number of fused-ring (bicyclic) bond motifs is 1. The van der Waals surface area contributed by atoms with Gasteiger partial charge in [0.2, 0.25) is 0 Å². The fraction of sp³-hybridized carbons (Fsp3) is 0.429.